The molecule has 1 N–H and O–H groups in total. The van der Waals surface area contributed by atoms with Gasteiger partial charge in [0.1, 0.15) is 0 Å². The number of urea groups is 1. The lowest BCUT2D eigenvalue weighted by atomic mass is 9.89. The maximum Gasteiger partial charge on any atom is 0.321 e. The molecule has 0 radical (unpaired) electrons. The number of anilines is 1. The first-order valence-corrected chi connectivity index (χ1v) is 11.1. The number of hydrogen-bond donors (Lipinski definition) is 1. The molecule has 0 aliphatic carbocycles. The molecule has 2 aliphatic heterocycles. The van der Waals surface area contributed by atoms with Crippen molar-refractivity contribution in [1.82, 2.24) is 9.80 Å². The van der Waals surface area contributed by atoms with E-state index < -0.39 is 0 Å². The molecule has 2 amide bonds. The van der Waals surface area contributed by atoms with Crippen molar-refractivity contribution in [3.05, 3.63) is 66.2 Å². The summed E-state index contributed by atoms with van der Waals surface area (Å²) in [5.74, 6) is 1.55. The van der Waals surface area contributed by atoms with Gasteiger partial charge < -0.3 is 15.1 Å². The molecule has 2 heterocycles. The highest BCUT2D eigenvalue weighted by Crippen LogP contribution is 2.25. The molecule has 2 aromatic rings. The van der Waals surface area contributed by atoms with Crippen LogP contribution in [0.25, 0.3) is 0 Å². The number of carbonyl (C=O) groups is 1. The fraction of sp³-hybridized carbons (Fsp3) is 0.480. The zero-order valence-corrected chi connectivity index (χ0v) is 17.3. The minimum atomic E-state index is 0.0383. The maximum atomic E-state index is 12.5. The quantitative estimate of drug-likeness (QED) is 0.788. The topological polar surface area (TPSA) is 35.6 Å². The highest BCUT2D eigenvalue weighted by Gasteiger charge is 2.26. The predicted octanol–water partition coefficient (Wildman–Crippen LogP) is 4.89. The van der Waals surface area contributed by atoms with Crippen molar-refractivity contribution in [3.63, 3.8) is 0 Å². The van der Waals surface area contributed by atoms with Crippen molar-refractivity contribution in [3.8, 4) is 0 Å². The zero-order valence-electron chi connectivity index (χ0n) is 17.3. The van der Waals surface area contributed by atoms with Gasteiger partial charge in [-0.15, -0.1) is 0 Å². The minimum Gasteiger partial charge on any atom is -0.325 e. The number of para-hydroxylation sites is 1. The molecule has 154 valence electrons. The summed E-state index contributed by atoms with van der Waals surface area (Å²) in [6.45, 7) is 5.40. The van der Waals surface area contributed by atoms with Crippen molar-refractivity contribution in [2.45, 2.75) is 32.1 Å². The van der Waals surface area contributed by atoms with Crippen LogP contribution in [0.1, 0.15) is 31.2 Å². The van der Waals surface area contributed by atoms with E-state index in [-0.39, 0.29) is 6.03 Å². The number of amides is 2. The average molecular weight is 392 g/mol. The van der Waals surface area contributed by atoms with Gasteiger partial charge in [0.25, 0.3) is 0 Å². The van der Waals surface area contributed by atoms with Crippen LogP contribution in [0.4, 0.5) is 10.5 Å². The molecule has 2 aliphatic rings. The lowest BCUT2D eigenvalue weighted by Crippen LogP contribution is -2.44. The Morgan fingerprint density at radius 2 is 1.38 bits per heavy atom. The first kappa shape index (κ1) is 20.0. The van der Waals surface area contributed by atoms with Crippen LogP contribution in [0.15, 0.2) is 60.7 Å². The second-order valence-corrected chi connectivity index (χ2v) is 8.66. The third-order valence-corrected chi connectivity index (χ3v) is 6.52. The first-order chi connectivity index (χ1) is 14.3. The van der Waals surface area contributed by atoms with E-state index in [9.17, 15) is 4.79 Å². The largest absolute Gasteiger partial charge is 0.325 e. The van der Waals surface area contributed by atoms with Gasteiger partial charge >= 0.3 is 6.03 Å². The molecule has 0 bridgehead atoms. The molecular formula is C25H33N3O. The van der Waals surface area contributed by atoms with E-state index in [1.54, 1.807) is 0 Å². The monoisotopic (exact) mass is 391 g/mol. The second kappa shape index (κ2) is 9.93. The molecule has 4 rings (SSSR count). The van der Waals surface area contributed by atoms with Crippen molar-refractivity contribution in [2.24, 2.45) is 11.8 Å². The molecule has 0 spiro atoms. The number of hydrogen-bond acceptors (Lipinski definition) is 2. The van der Waals surface area contributed by atoms with Crippen molar-refractivity contribution in [1.29, 1.82) is 0 Å². The Morgan fingerprint density at radius 1 is 0.793 bits per heavy atom. The van der Waals surface area contributed by atoms with Crippen molar-refractivity contribution >= 4 is 11.7 Å². The van der Waals surface area contributed by atoms with E-state index in [0.29, 0.717) is 0 Å². The number of nitrogens with zero attached hydrogens (tertiary/aromatic N) is 2. The van der Waals surface area contributed by atoms with Crippen LogP contribution in [0.3, 0.4) is 0 Å². The number of piperidine rings is 2. The molecule has 2 saturated heterocycles. The molecule has 29 heavy (non-hydrogen) atoms. The molecular weight excluding hydrogens is 358 g/mol. The Kier molecular flexibility index (Phi) is 6.83. The Bertz CT molecular complexity index is 748. The van der Waals surface area contributed by atoms with Gasteiger partial charge in [0.05, 0.1) is 0 Å². The summed E-state index contributed by atoms with van der Waals surface area (Å²) in [5.41, 5.74) is 2.35. The highest BCUT2D eigenvalue weighted by atomic mass is 16.2. The lowest BCUT2D eigenvalue weighted by Gasteiger charge is -2.37. The smallest absolute Gasteiger partial charge is 0.321 e. The fourth-order valence-corrected chi connectivity index (χ4v) is 4.73. The molecule has 2 aromatic carbocycles. The first-order valence-electron chi connectivity index (χ1n) is 11.1. The van der Waals surface area contributed by atoms with Crippen LogP contribution in [0, 0.1) is 11.8 Å². The number of rotatable bonds is 5. The standard InChI is InChI=1S/C25H33N3O/c29-25(26-24-9-5-2-6-10-24)28-17-13-23(14-18-28)20-27-15-11-22(12-16-27)19-21-7-3-1-4-8-21/h1-10,22-23H,11-20H2,(H,26,29). The SMILES string of the molecule is O=C(Nc1ccccc1)N1CCC(CN2CCC(Cc3ccccc3)CC2)CC1. The molecule has 4 nitrogen and oxygen atoms in total. The number of nitrogens with one attached hydrogen (secondary N) is 1. The predicted molar refractivity (Wildman–Crippen MR) is 119 cm³/mol. The van der Waals surface area contributed by atoms with Gasteiger partial charge in [-0.1, -0.05) is 48.5 Å². The third kappa shape index (κ3) is 5.83. The van der Waals surface area contributed by atoms with Gasteiger partial charge in [-0.25, -0.2) is 4.79 Å². The van der Waals surface area contributed by atoms with Crippen molar-refractivity contribution in [2.75, 3.05) is 38.0 Å². The average Bonchev–Trinajstić information content (AvgIpc) is 2.77. The molecule has 0 unspecified atom stereocenters. The Balaban J connectivity index is 1.15. The van der Waals surface area contributed by atoms with Gasteiger partial charge in [-0.05, 0) is 74.7 Å². The lowest BCUT2D eigenvalue weighted by molar-refractivity contribution is 0.126. The van der Waals surface area contributed by atoms with E-state index in [1.165, 1.54) is 44.5 Å². The van der Waals surface area contributed by atoms with Gasteiger partial charge in [0.2, 0.25) is 0 Å². The summed E-state index contributed by atoms with van der Waals surface area (Å²) in [6, 6.07) is 20.7. The molecule has 2 fully saturated rings. The van der Waals surface area contributed by atoms with Gasteiger partial charge in [-0.3, -0.25) is 0 Å². The van der Waals surface area contributed by atoms with E-state index >= 15 is 0 Å². The van der Waals surface area contributed by atoms with Gasteiger partial charge in [0.15, 0.2) is 0 Å². The molecule has 0 atom stereocenters. The summed E-state index contributed by atoms with van der Waals surface area (Å²) < 4.78 is 0. The van der Waals surface area contributed by atoms with Crippen LogP contribution in [0.2, 0.25) is 0 Å². The normalized spacial score (nSPS) is 19.2. The minimum absolute atomic E-state index is 0.0383. The van der Waals surface area contributed by atoms with Crippen LogP contribution in [0.5, 0.6) is 0 Å². The number of likely N-dealkylation sites (tertiary alicyclic amines) is 2. The maximum absolute atomic E-state index is 12.5. The summed E-state index contributed by atoms with van der Waals surface area (Å²) in [7, 11) is 0. The van der Waals surface area contributed by atoms with E-state index in [4.69, 9.17) is 0 Å². The summed E-state index contributed by atoms with van der Waals surface area (Å²) >= 11 is 0. The Hall–Kier alpha value is -2.33. The summed E-state index contributed by atoms with van der Waals surface area (Å²) in [6.07, 6.45) is 6.09. The number of carbonyl (C=O) groups excluding carboxylic acids is 1. The van der Waals surface area contributed by atoms with Crippen LogP contribution < -0.4 is 5.32 Å². The van der Waals surface area contributed by atoms with Crippen LogP contribution in [-0.4, -0.2) is 48.6 Å². The Labute approximate surface area is 174 Å². The van der Waals surface area contributed by atoms with Crippen LogP contribution >= 0.6 is 0 Å². The zero-order chi connectivity index (χ0) is 19.9. The molecule has 4 heteroatoms. The Morgan fingerprint density at radius 3 is 2.03 bits per heavy atom. The van der Waals surface area contributed by atoms with Gasteiger partial charge in [0, 0.05) is 25.3 Å². The van der Waals surface area contributed by atoms with E-state index in [0.717, 1.165) is 43.5 Å². The summed E-state index contributed by atoms with van der Waals surface area (Å²) in [5, 5.41) is 3.01. The third-order valence-electron chi connectivity index (χ3n) is 6.52. The number of benzene rings is 2. The van der Waals surface area contributed by atoms with Crippen molar-refractivity contribution < 1.29 is 4.79 Å². The fourth-order valence-electron chi connectivity index (χ4n) is 4.73. The highest BCUT2D eigenvalue weighted by molar-refractivity contribution is 5.89. The molecule has 0 aromatic heterocycles. The summed E-state index contributed by atoms with van der Waals surface area (Å²) in [4.78, 5) is 17.1. The van der Waals surface area contributed by atoms with Crippen LogP contribution in [-0.2, 0) is 6.42 Å². The van der Waals surface area contributed by atoms with E-state index in [1.807, 2.05) is 35.2 Å². The van der Waals surface area contributed by atoms with E-state index in [2.05, 4.69) is 40.5 Å². The second-order valence-electron chi connectivity index (χ2n) is 8.66. The molecule has 0 saturated carbocycles. The van der Waals surface area contributed by atoms with Gasteiger partial charge in [-0.2, -0.15) is 0 Å².